The van der Waals surface area contributed by atoms with Crippen molar-refractivity contribution in [2.24, 2.45) is 0 Å². The Morgan fingerprint density at radius 1 is 1.30 bits per heavy atom. The zero-order chi connectivity index (χ0) is 14.5. The van der Waals surface area contributed by atoms with E-state index in [4.69, 9.17) is 11.6 Å². The zero-order valence-corrected chi connectivity index (χ0v) is 13.3. The van der Waals surface area contributed by atoms with Crippen LogP contribution in [0.5, 0.6) is 0 Å². The van der Waals surface area contributed by atoms with E-state index in [0.29, 0.717) is 5.02 Å². The van der Waals surface area contributed by atoms with Crippen LogP contribution in [0.2, 0.25) is 5.02 Å². The maximum atomic E-state index is 6.16. The van der Waals surface area contributed by atoms with E-state index < -0.39 is 0 Å². The Hall–Kier alpha value is -1.33. The van der Waals surface area contributed by atoms with Crippen molar-refractivity contribution in [3.8, 4) is 0 Å². The van der Waals surface area contributed by atoms with Gasteiger partial charge in [0.05, 0.1) is 5.02 Å². The number of nitrogens with zero attached hydrogens (tertiary/aromatic N) is 3. The van der Waals surface area contributed by atoms with Crippen molar-refractivity contribution in [1.82, 2.24) is 15.0 Å². The highest BCUT2D eigenvalue weighted by atomic mass is 35.5. The zero-order valence-electron chi connectivity index (χ0n) is 11.8. The molecule has 0 unspecified atom stereocenters. The molecule has 2 rings (SSSR count). The Labute approximate surface area is 128 Å². The molecule has 2 aromatic rings. The summed E-state index contributed by atoms with van der Waals surface area (Å²) in [6.07, 6.45) is 3.61. The molecule has 2 heterocycles. The number of anilines is 1. The fourth-order valence-corrected chi connectivity index (χ4v) is 2.86. The molecule has 20 heavy (non-hydrogen) atoms. The summed E-state index contributed by atoms with van der Waals surface area (Å²) in [4.78, 5) is 13.4. The van der Waals surface area contributed by atoms with Crippen molar-refractivity contribution in [3.63, 3.8) is 0 Å². The predicted octanol–water partition coefficient (Wildman–Crippen LogP) is 3.98. The van der Waals surface area contributed by atoms with E-state index in [1.165, 1.54) is 11.8 Å². The number of hydrogen-bond acceptors (Lipinski definition) is 5. The molecule has 0 aliphatic heterocycles. The Morgan fingerprint density at radius 2 is 2.10 bits per heavy atom. The third-order valence-electron chi connectivity index (χ3n) is 2.78. The lowest BCUT2D eigenvalue weighted by molar-refractivity contribution is 0.803. The van der Waals surface area contributed by atoms with Gasteiger partial charge in [0.15, 0.2) is 0 Å². The Bertz CT molecular complexity index is 604. The normalized spacial score (nSPS) is 10.6. The van der Waals surface area contributed by atoms with E-state index in [0.717, 1.165) is 40.1 Å². The van der Waals surface area contributed by atoms with Crippen molar-refractivity contribution in [1.29, 1.82) is 0 Å². The molecule has 106 valence electrons. The first-order valence-electron chi connectivity index (χ1n) is 6.49. The first-order chi connectivity index (χ1) is 9.65. The second-order valence-electron chi connectivity index (χ2n) is 4.31. The van der Waals surface area contributed by atoms with E-state index in [1.54, 1.807) is 6.20 Å². The summed E-state index contributed by atoms with van der Waals surface area (Å²) >= 11 is 7.63. The van der Waals surface area contributed by atoms with Crippen molar-refractivity contribution in [2.75, 3.05) is 12.4 Å². The molecule has 0 bridgehead atoms. The van der Waals surface area contributed by atoms with Crippen LogP contribution in [0, 0.1) is 6.92 Å². The fraction of sp³-hybridized carbons (Fsp3) is 0.357. The number of rotatable bonds is 5. The van der Waals surface area contributed by atoms with Gasteiger partial charge in [-0.1, -0.05) is 18.5 Å². The van der Waals surface area contributed by atoms with Crippen LogP contribution in [0.1, 0.15) is 24.7 Å². The number of pyridine rings is 1. The third-order valence-corrected chi connectivity index (χ3v) is 4.30. The first-order valence-corrected chi connectivity index (χ1v) is 7.68. The van der Waals surface area contributed by atoms with Gasteiger partial charge in [-0.05, 0) is 37.2 Å². The van der Waals surface area contributed by atoms with Crippen LogP contribution < -0.4 is 5.32 Å². The SMILES string of the molecule is CCCc1nc(NC)c(C)c(Sc2ncccc2Cl)n1. The van der Waals surface area contributed by atoms with E-state index in [-0.39, 0.29) is 0 Å². The molecule has 2 aromatic heterocycles. The monoisotopic (exact) mass is 308 g/mol. The van der Waals surface area contributed by atoms with Gasteiger partial charge >= 0.3 is 0 Å². The number of nitrogens with one attached hydrogen (secondary N) is 1. The minimum Gasteiger partial charge on any atom is -0.373 e. The summed E-state index contributed by atoms with van der Waals surface area (Å²) in [6, 6.07) is 3.65. The Kier molecular flexibility index (Phi) is 5.20. The maximum absolute atomic E-state index is 6.16. The minimum atomic E-state index is 0.638. The van der Waals surface area contributed by atoms with Gasteiger partial charge in [-0.25, -0.2) is 15.0 Å². The van der Waals surface area contributed by atoms with Gasteiger partial charge < -0.3 is 5.32 Å². The van der Waals surface area contributed by atoms with Gasteiger partial charge in [-0.2, -0.15) is 0 Å². The molecular weight excluding hydrogens is 292 g/mol. The minimum absolute atomic E-state index is 0.638. The summed E-state index contributed by atoms with van der Waals surface area (Å²) < 4.78 is 0. The maximum Gasteiger partial charge on any atom is 0.133 e. The van der Waals surface area contributed by atoms with Crippen molar-refractivity contribution < 1.29 is 0 Å². The topological polar surface area (TPSA) is 50.7 Å². The van der Waals surface area contributed by atoms with Crippen molar-refractivity contribution in [3.05, 3.63) is 34.7 Å². The predicted molar refractivity (Wildman–Crippen MR) is 83.7 cm³/mol. The third kappa shape index (κ3) is 3.41. The smallest absolute Gasteiger partial charge is 0.133 e. The largest absolute Gasteiger partial charge is 0.373 e. The van der Waals surface area contributed by atoms with E-state index >= 15 is 0 Å². The van der Waals surface area contributed by atoms with Gasteiger partial charge in [0.1, 0.15) is 21.7 Å². The van der Waals surface area contributed by atoms with Crippen molar-refractivity contribution >= 4 is 29.2 Å². The number of aromatic nitrogens is 3. The highest BCUT2D eigenvalue weighted by Gasteiger charge is 2.13. The average molecular weight is 309 g/mol. The Balaban J connectivity index is 2.39. The Morgan fingerprint density at radius 3 is 2.75 bits per heavy atom. The lowest BCUT2D eigenvalue weighted by Crippen LogP contribution is -2.04. The average Bonchev–Trinajstić information content (AvgIpc) is 2.45. The molecule has 0 fully saturated rings. The number of halogens is 1. The van der Waals surface area contributed by atoms with E-state index in [2.05, 4.69) is 27.2 Å². The van der Waals surface area contributed by atoms with Crippen molar-refractivity contribution in [2.45, 2.75) is 36.7 Å². The van der Waals surface area contributed by atoms with E-state index in [1.807, 2.05) is 26.1 Å². The summed E-state index contributed by atoms with van der Waals surface area (Å²) in [7, 11) is 1.87. The summed E-state index contributed by atoms with van der Waals surface area (Å²) in [6.45, 7) is 4.12. The number of aryl methyl sites for hydroxylation is 1. The first kappa shape index (κ1) is 15.1. The molecule has 4 nitrogen and oxygen atoms in total. The molecule has 1 N–H and O–H groups in total. The molecule has 0 atom stereocenters. The fourth-order valence-electron chi connectivity index (χ4n) is 1.76. The van der Waals surface area contributed by atoms with Crippen LogP contribution in [-0.2, 0) is 6.42 Å². The highest BCUT2D eigenvalue weighted by molar-refractivity contribution is 7.99. The second kappa shape index (κ2) is 6.90. The molecule has 0 aliphatic rings. The van der Waals surface area contributed by atoms with Gasteiger partial charge in [0.25, 0.3) is 0 Å². The molecule has 0 saturated carbocycles. The second-order valence-corrected chi connectivity index (χ2v) is 5.70. The standard InChI is InChI=1S/C14H17ClN4S/c1-4-6-11-18-12(16-3)9(2)13(19-11)20-14-10(15)7-5-8-17-14/h5,7-8H,4,6H2,1-3H3,(H,16,18,19). The summed E-state index contributed by atoms with van der Waals surface area (Å²) in [5, 5.41) is 5.42. The van der Waals surface area contributed by atoms with Crippen LogP contribution in [0.3, 0.4) is 0 Å². The molecule has 0 aliphatic carbocycles. The van der Waals surface area contributed by atoms with Crippen LogP contribution in [0.15, 0.2) is 28.4 Å². The van der Waals surface area contributed by atoms with Crippen LogP contribution >= 0.6 is 23.4 Å². The number of hydrogen-bond donors (Lipinski definition) is 1. The quantitative estimate of drug-likeness (QED) is 0.847. The van der Waals surface area contributed by atoms with Gasteiger partial charge in [-0.3, -0.25) is 0 Å². The highest BCUT2D eigenvalue weighted by Crippen LogP contribution is 2.33. The van der Waals surface area contributed by atoms with E-state index in [9.17, 15) is 0 Å². The molecule has 6 heteroatoms. The molecule has 0 saturated heterocycles. The van der Waals surface area contributed by atoms with Crippen LogP contribution in [0.25, 0.3) is 0 Å². The van der Waals surface area contributed by atoms with Crippen LogP contribution in [-0.4, -0.2) is 22.0 Å². The summed E-state index contributed by atoms with van der Waals surface area (Å²) in [5.74, 6) is 1.70. The molecule has 0 amide bonds. The van der Waals surface area contributed by atoms with Crippen LogP contribution in [0.4, 0.5) is 5.82 Å². The molecule has 0 spiro atoms. The lowest BCUT2D eigenvalue weighted by Gasteiger charge is -2.11. The molecule has 0 aromatic carbocycles. The summed E-state index contributed by atoms with van der Waals surface area (Å²) in [5.41, 5.74) is 1.01. The van der Waals surface area contributed by atoms with Gasteiger partial charge in [0.2, 0.25) is 0 Å². The molecular formula is C14H17ClN4S. The lowest BCUT2D eigenvalue weighted by atomic mass is 10.3. The molecule has 0 radical (unpaired) electrons. The van der Waals surface area contributed by atoms with Gasteiger partial charge in [-0.15, -0.1) is 0 Å². The van der Waals surface area contributed by atoms with Gasteiger partial charge in [0, 0.05) is 25.2 Å².